The Hall–Kier alpha value is -2.63. The standard InChI is InChI=1S/C16H13F3N2O/c1-11-2-4-12(5-3-11)9-20-21-10-13-6-7-15(14(17)8-13)22-16(18)19/h2-10,16H,1H3/b20-9+,21-10-. The number of aryl methyl sites for hydroxylation is 1. The first kappa shape index (κ1) is 15.8. The lowest BCUT2D eigenvalue weighted by Crippen LogP contribution is -2.03. The van der Waals surface area contributed by atoms with Crippen LogP contribution in [0.25, 0.3) is 0 Å². The predicted molar refractivity (Wildman–Crippen MR) is 79.4 cm³/mol. The van der Waals surface area contributed by atoms with Crippen LogP contribution in [0.2, 0.25) is 0 Å². The minimum Gasteiger partial charge on any atom is -0.432 e. The highest BCUT2D eigenvalue weighted by Gasteiger charge is 2.09. The van der Waals surface area contributed by atoms with E-state index >= 15 is 0 Å². The molecule has 0 amide bonds. The maximum absolute atomic E-state index is 13.5. The molecular formula is C16H13F3N2O. The van der Waals surface area contributed by atoms with Crippen LogP contribution in [0.1, 0.15) is 16.7 Å². The summed E-state index contributed by atoms with van der Waals surface area (Å²) in [4.78, 5) is 0. The zero-order valence-corrected chi connectivity index (χ0v) is 11.7. The molecule has 0 aromatic heterocycles. The third-order valence-electron chi connectivity index (χ3n) is 2.73. The van der Waals surface area contributed by atoms with Crippen molar-refractivity contribution in [3.63, 3.8) is 0 Å². The number of halogens is 3. The quantitative estimate of drug-likeness (QED) is 0.602. The number of hydrogen-bond donors (Lipinski definition) is 0. The predicted octanol–water partition coefficient (Wildman–Crippen LogP) is 4.19. The summed E-state index contributed by atoms with van der Waals surface area (Å²) in [5, 5.41) is 7.62. The molecular weight excluding hydrogens is 293 g/mol. The second-order valence-corrected chi connectivity index (χ2v) is 4.47. The molecule has 6 heteroatoms. The first-order chi connectivity index (χ1) is 10.5. The Labute approximate surface area is 125 Å². The van der Waals surface area contributed by atoms with Gasteiger partial charge in [0.2, 0.25) is 0 Å². The molecule has 0 unspecified atom stereocenters. The van der Waals surface area contributed by atoms with E-state index in [1.807, 2.05) is 31.2 Å². The molecule has 0 aliphatic carbocycles. The molecule has 0 bridgehead atoms. The van der Waals surface area contributed by atoms with Crippen molar-refractivity contribution in [3.8, 4) is 5.75 Å². The highest BCUT2D eigenvalue weighted by Crippen LogP contribution is 2.19. The molecule has 0 spiro atoms. The Morgan fingerprint density at radius 3 is 2.14 bits per heavy atom. The third kappa shape index (κ3) is 4.73. The Morgan fingerprint density at radius 1 is 0.955 bits per heavy atom. The van der Waals surface area contributed by atoms with E-state index in [9.17, 15) is 13.2 Å². The summed E-state index contributed by atoms with van der Waals surface area (Å²) in [6, 6.07) is 11.3. The lowest BCUT2D eigenvalue weighted by Gasteiger charge is -2.05. The molecule has 22 heavy (non-hydrogen) atoms. The highest BCUT2D eigenvalue weighted by atomic mass is 19.3. The van der Waals surface area contributed by atoms with Crippen LogP contribution in [0, 0.1) is 12.7 Å². The summed E-state index contributed by atoms with van der Waals surface area (Å²) in [5.74, 6) is -1.39. The average Bonchev–Trinajstić information content (AvgIpc) is 2.48. The van der Waals surface area contributed by atoms with Crippen LogP contribution in [-0.2, 0) is 0 Å². The zero-order chi connectivity index (χ0) is 15.9. The van der Waals surface area contributed by atoms with Crippen molar-refractivity contribution >= 4 is 12.4 Å². The van der Waals surface area contributed by atoms with Gasteiger partial charge in [0, 0.05) is 0 Å². The van der Waals surface area contributed by atoms with Crippen LogP contribution in [0.3, 0.4) is 0 Å². The summed E-state index contributed by atoms with van der Waals surface area (Å²) in [6.45, 7) is -1.08. The van der Waals surface area contributed by atoms with Crippen molar-refractivity contribution in [3.05, 3.63) is 65.0 Å². The van der Waals surface area contributed by atoms with E-state index in [2.05, 4.69) is 14.9 Å². The van der Waals surface area contributed by atoms with Gasteiger partial charge in [-0.15, -0.1) is 0 Å². The van der Waals surface area contributed by atoms with Gasteiger partial charge in [-0.25, -0.2) is 4.39 Å². The lowest BCUT2D eigenvalue weighted by atomic mass is 10.2. The van der Waals surface area contributed by atoms with Crippen molar-refractivity contribution in [2.45, 2.75) is 13.5 Å². The summed E-state index contributed by atoms with van der Waals surface area (Å²) in [6.07, 6.45) is 2.88. The summed E-state index contributed by atoms with van der Waals surface area (Å²) >= 11 is 0. The fraction of sp³-hybridized carbons (Fsp3) is 0.125. The van der Waals surface area contributed by atoms with E-state index in [1.165, 1.54) is 12.3 Å². The largest absolute Gasteiger partial charge is 0.432 e. The topological polar surface area (TPSA) is 34.0 Å². The SMILES string of the molecule is Cc1ccc(/C=N/N=C\c2ccc(OC(F)F)c(F)c2)cc1. The van der Waals surface area contributed by atoms with Gasteiger partial charge in [-0.1, -0.05) is 29.8 Å². The molecule has 114 valence electrons. The molecule has 0 heterocycles. The Morgan fingerprint density at radius 2 is 1.55 bits per heavy atom. The van der Waals surface area contributed by atoms with E-state index in [0.29, 0.717) is 5.56 Å². The van der Waals surface area contributed by atoms with E-state index in [4.69, 9.17) is 0 Å². The first-order valence-corrected chi connectivity index (χ1v) is 6.42. The van der Waals surface area contributed by atoms with Gasteiger partial charge in [0.25, 0.3) is 0 Å². The van der Waals surface area contributed by atoms with Crippen molar-refractivity contribution in [2.75, 3.05) is 0 Å². The second kappa shape index (κ2) is 7.40. The van der Waals surface area contributed by atoms with Crippen molar-refractivity contribution in [1.82, 2.24) is 0 Å². The van der Waals surface area contributed by atoms with E-state index in [0.717, 1.165) is 23.3 Å². The average molecular weight is 306 g/mol. The summed E-state index contributed by atoms with van der Waals surface area (Å²) < 4.78 is 41.5. The van der Waals surface area contributed by atoms with Gasteiger partial charge in [-0.05, 0) is 36.2 Å². The summed E-state index contributed by atoms with van der Waals surface area (Å²) in [5.41, 5.74) is 2.41. The fourth-order valence-corrected chi connectivity index (χ4v) is 1.64. The van der Waals surface area contributed by atoms with Crippen molar-refractivity contribution < 1.29 is 17.9 Å². The van der Waals surface area contributed by atoms with E-state index in [-0.39, 0.29) is 0 Å². The zero-order valence-electron chi connectivity index (χ0n) is 11.7. The monoisotopic (exact) mass is 306 g/mol. The molecule has 0 fully saturated rings. The molecule has 2 rings (SSSR count). The molecule has 0 radical (unpaired) electrons. The molecule has 0 atom stereocenters. The Bertz CT molecular complexity index is 682. The Kier molecular flexibility index (Phi) is 5.30. The fourth-order valence-electron chi connectivity index (χ4n) is 1.64. The smallest absolute Gasteiger partial charge is 0.387 e. The summed E-state index contributed by atoms with van der Waals surface area (Å²) in [7, 11) is 0. The molecule has 0 N–H and O–H groups in total. The number of nitrogens with zero attached hydrogens (tertiary/aromatic N) is 2. The van der Waals surface area contributed by atoms with E-state index < -0.39 is 18.2 Å². The molecule has 0 saturated carbocycles. The molecule has 2 aromatic carbocycles. The highest BCUT2D eigenvalue weighted by molar-refractivity contribution is 5.82. The van der Waals surface area contributed by atoms with Crippen LogP contribution in [0.4, 0.5) is 13.2 Å². The maximum Gasteiger partial charge on any atom is 0.387 e. The minimum absolute atomic E-state index is 0.389. The van der Waals surface area contributed by atoms with Crippen LogP contribution in [-0.4, -0.2) is 19.0 Å². The van der Waals surface area contributed by atoms with Crippen LogP contribution < -0.4 is 4.74 Å². The van der Waals surface area contributed by atoms with Gasteiger partial charge < -0.3 is 4.74 Å². The second-order valence-electron chi connectivity index (χ2n) is 4.47. The van der Waals surface area contributed by atoms with Gasteiger partial charge in [-0.3, -0.25) is 0 Å². The molecule has 2 aromatic rings. The number of benzene rings is 2. The number of rotatable bonds is 5. The lowest BCUT2D eigenvalue weighted by molar-refractivity contribution is -0.0521. The van der Waals surface area contributed by atoms with E-state index in [1.54, 1.807) is 6.21 Å². The maximum atomic E-state index is 13.5. The van der Waals surface area contributed by atoms with Crippen LogP contribution >= 0.6 is 0 Å². The van der Waals surface area contributed by atoms with Gasteiger partial charge >= 0.3 is 6.61 Å². The first-order valence-electron chi connectivity index (χ1n) is 6.42. The molecule has 0 aliphatic heterocycles. The molecule has 0 saturated heterocycles. The molecule has 0 aliphatic rings. The van der Waals surface area contributed by atoms with Gasteiger partial charge in [-0.2, -0.15) is 19.0 Å². The number of ether oxygens (including phenoxy) is 1. The van der Waals surface area contributed by atoms with Crippen molar-refractivity contribution in [2.24, 2.45) is 10.2 Å². The third-order valence-corrected chi connectivity index (χ3v) is 2.73. The number of hydrogen-bond acceptors (Lipinski definition) is 3. The normalized spacial score (nSPS) is 11.7. The van der Waals surface area contributed by atoms with Gasteiger partial charge in [0.05, 0.1) is 12.4 Å². The van der Waals surface area contributed by atoms with Crippen LogP contribution in [0.5, 0.6) is 5.75 Å². The Balaban J connectivity index is 2.01. The minimum atomic E-state index is -3.06. The number of alkyl halides is 2. The van der Waals surface area contributed by atoms with Gasteiger partial charge in [0.1, 0.15) is 0 Å². The van der Waals surface area contributed by atoms with Crippen LogP contribution in [0.15, 0.2) is 52.7 Å². The van der Waals surface area contributed by atoms with Crippen molar-refractivity contribution in [1.29, 1.82) is 0 Å². The van der Waals surface area contributed by atoms with Gasteiger partial charge in [0.15, 0.2) is 11.6 Å². The molecule has 3 nitrogen and oxygen atoms in total.